The number of halogens is 1. The summed E-state index contributed by atoms with van der Waals surface area (Å²) in [6, 6.07) is 7.32. The van der Waals surface area contributed by atoms with Crippen molar-refractivity contribution < 1.29 is 19.0 Å². The number of benzene rings is 1. The van der Waals surface area contributed by atoms with E-state index in [1.807, 2.05) is 12.1 Å². The molecule has 0 fully saturated rings. The number of esters is 1. The number of methoxy groups -OCH3 is 1. The van der Waals surface area contributed by atoms with Crippen LogP contribution in [0.1, 0.15) is 13.8 Å². The molecule has 4 nitrogen and oxygen atoms in total. The van der Waals surface area contributed by atoms with Crippen molar-refractivity contribution in [1.29, 1.82) is 0 Å². The lowest BCUT2D eigenvalue weighted by molar-refractivity contribution is -0.170. The molecule has 2 unspecified atom stereocenters. The molecule has 1 rings (SSSR count). The van der Waals surface area contributed by atoms with Gasteiger partial charge in [0.2, 0.25) is 6.29 Å². The Morgan fingerprint density at radius 2 is 1.88 bits per heavy atom. The SMILES string of the molecule is COC(Oc1ccc(Br)cc1)C(C)OC(C)=O. The lowest BCUT2D eigenvalue weighted by Gasteiger charge is -2.23. The van der Waals surface area contributed by atoms with Gasteiger partial charge in [-0.2, -0.15) is 0 Å². The summed E-state index contributed by atoms with van der Waals surface area (Å²) in [7, 11) is 1.50. The number of carbonyl (C=O) groups excluding carboxylic acids is 1. The number of rotatable bonds is 5. The van der Waals surface area contributed by atoms with Crippen molar-refractivity contribution in [3.63, 3.8) is 0 Å². The second kappa shape index (κ2) is 6.61. The minimum absolute atomic E-state index is 0.362. The highest BCUT2D eigenvalue weighted by molar-refractivity contribution is 9.10. The molecule has 0 amide bonds. The monoisotopic (exact) mass is 302 g/mol. The fraction of sp³-hybridized carbons (Fsp3) is 0.417. The zero-order valence-corrected chi connectivity index (χ0v) is 11.6. The Labute approximate surface area is 109 Å². The molecule has 0 saturated carbocycles. The molecule has 0 spiro atoms. The first-order valence-electron chi connectivity index (χ1n) is 5.15. The first-order chi connectivity index (χ1) is 8.02. The number of hydrogen-bond donors (Lipinski definition) is 0. The van der Waals surface area contributed by atoms with E-state index < -0.39 is 12.4 Å². The fourth-order valence-electron chi connectivity index (χ4n) is 1.30. The normalized spacial score (nSPS) is 13.9. The highest BCUT2D eigenvalue weighted by Gasteiger charge is 2.21. The quantitative estimate of drug-likeness (QED) is 0.620. The van der Waals surface area contributed by atoms with Gasteiger partial charge in [0.05, 0.1) is 0 Å². The molecule has 0 N–H and O–H groups in total. The van der Waals surface area contributed by atoms with Crippen LogP contribution in [-0.2, 0) is 14.3 Å². The molecule has 17 heavy (non-hydrogen) atoms. The lowest BCUT2D eigenvalue weighted by atomic mass is 10.3. The van der Waals surface area contributed by atoms with Crippen LogP contribution in [0.15, 0.2) is 28.7 Å². The molecule has 0 radical (unpaired) electrons. The molecular formula is C12H15BrO4. The van der Waals surface area contributed by atoms with Crippen LogP contribution in [0.4, 0.5) is 0 Å². The van der Waals surface area contributed by atoms with Crippen LogP contribution in [0, 0.1) is 0 Å². The minimum atomic E-state index is -0.625. The average molecular weight is 303 g/mol. The van der Waals surface area contributed by atoms with E-state index in [4.69, 9.17) is 14.2 Å². The van der Waals surface area contributed by atoms with E-state index in [-0.39, 0.29) is 5.97 Å². The van der Waals surface area contributed by atoms with Crippen LogP contribution in [0.25, 0.3) is 0 Å². The Balaban J connectivity index is 2.62. The fourth-order valence-corrected chi connectivity index (χ4v) is 1.56. The van der Waals surface area contributed by atoms with Crippen molar-refractivity contribution in [1.82, 2.24) is 0 Å². The molecular weight excluding hydrogens is 288 g/mol. The summed E-state index contributed by atoms with van der Waals surface area (Å²) in [4.78, 5) is 10.8. The van der Waals surface area contributed by atoms with Gasteiger partial charge in [-0.3, -0.25) is 4.79 Å². The first-order valence-corrected chi connectivity index (χ1v) is 5.94. The summed E-state index contributed by atoms with van der Waals surface area (Å²) in [5.41, 5.74) is 0. The van der Waals surface area contributed by atoms with Crippen LogP contribution in [0.2, 0.25) is 0 Å². The van der Waals surface area contributed by atoms with Gasteiger partial charge in [-0.05, 0) is 31.2 Å². The van der Waals surface area contributed by atoms with Crippen molar-refractivity contribution in [3.05, 3.63) is 28.7 Å². The standard InChI is InChI=1S/C12H15BrO4/c1-8(16-9(2)14)12(15-3)17-11-6-4-10(13)5-7-11/h4-8,12H,1-3H3. The predicted molar refractivity (Wildman–Crippen MR) is 66.8 cm³/mol. The summed E-state index contributed by atoms with van der Waals surface area (Å²) in [5, 5.41) is 0. The van der Waals surface area contributed by atoms with Crippen molar-refractivity contribution in [2.75, 3.05) is 7.11 Å². The van der Waals surface area contributed by atoms with Gasteiger partial charge in [0.25, 0.3) is 0 Å². The van der Waals surface area contributed by atoms with Crippen molar-refractivity contribution in [2.45, 2.75) is 26.2 Å². The summed E-state index contributed by atoms with van der Waals surface area (Å²) in [5.74, 6) is 0.290. The van der Waals surface area contributed by atoms with Crippen molar-refractivity contribution in [3.8, 4) is 5.75 Å². The number of carbonyl (C=O) groups is 1. The van der Waals surface area contributed by atoms with Gasteiger partial charge in [0, 0.05) is 18.5 Å². The third kappa shape index (κ3) is 4.75. The maximum absolute atomic E-state index is 10.8. The predicted octanol–water partition coefficient (Wildman–Crippen LogP) is 2.75. The highest BCUT2D eigenvalue weighted by Crippen LogP contribution is 2.19. The summed E-state index contributed by atoms with van der Waals surface area (Å²) in [6.07, 6.45) is -1.10. The van der Waals surface area contributed by atoms with Crippen molar-refractivity contribution >= 4 is 21.9 Å². The molecule has 0 aliphatic heterocycles. The van der Waals surface area contributed by atoms with E-state index in [0.717, 1.165) is 4.47 Å². The van der Waals surface area contributed by atoms with Gasteiger partial charge < -0.3 is 14.2 Å². The van der Waals surface area contributed by atoms with Gasteiger partial charge in [-0.15, -0.1) is 0 Å². The smallest absolute Gasteiger partial charge is 0.303 e. The van der Waals surface area contributed by atoms with E-state index in [2.05, 4.69) is 15.9 Å². The molecule has 1 aromatic rings. The molecule has 0 aromatic heterocycles. The average Bonchev–Trinajstić information content (AvgIpc) is 2.27. The largest absolute Gasteiger partial charge is 0.461 e. The molecule has 0 bridgehead atoms. The van der Waals surface area contributed by atoms with Gasteiger partial charge >= 0.3 is 5.97 Å². The second-order valence-electron chi connectivity index (χ2n) is 3.49. The van der Waals surface area contributed by atoms with Crippen LogP contribution < -0.4 is 4.74 Å². The highest BCUT2D eigenvalue weighted by atomic mass is 79.9. The molecule has 2 atom stereocenters. The second-order valence-corrected chi connectivity index (χ2v) is 4.41. The third-order valence-corrected chi connectivity index (χ3v) is 2.56. The lowest BCUT2D eigenvalue weighted by Crippen LogP contribution is -2.34. The van der Waals surface area contributed by atoms with E-state index in [0.29, 0.717) is 5.75 Å². The number of hydrogen-bond acceptors (Lipinski definition) is 4. The minimum Gasteiger partial charge on any atom is -0.461 e. The molecule has 0 aliphatic carbocycles. The third-order valence-electron chi connectivity index (χ3n) is 2.03. The van der Waals surface area contributed by atoms with Gasteiger partial charge in [-0.25, -0.2) is 0 Å². The first kappa shape index (κ1) is 14.0. The van der Waals surface area contributed by atoms with Crippen molar-refractivity contribution in [2.24, 2.45) is 0 Å². The van der Waals surface area contributed by atoms with Gasteiger partial charge in [-0.1, -0.05) is 15.9 Å². The van der Waals surface area contributed by atoms with E-state index in [1.54, 1.807) is 19.1 Å². The Kier molecular flexibility index (Phi) is 5.44. The maximum Gasteiger partial charge on any atom is 0.303 e. The Morgan fingerprint density at radius 1 is 1.29 bits per heavy atom. The Bertz CT molecular complexity index is 363. The molecule has 0 heterocycles. The zero-order chi connectivity index (χ0) is 12.8. The van der Waals surface area contributed by atoms with Crippen LogP contribution in [-0.4, -0.2) is 25.5 Å². The van der Waals surface area contributed by atoms with E-state index in [9.17, 15) is 4.79 Å². The summed E-state index contributed by atoms with van der Waals surface area (Å²) < 4.78 is 16.7. The molecule has 0 saturated heterocycles. The maximum atomic E-state index is 10.8. The molecule has 1 aromatic carbocycles. The topological polar surface area (TPSA) is 44.8 Å². The Morgan fingerprint density at radius 3 is 2.35 bits per heavy atom. The van der Waals surface area contributed by atoms with E-state index >= 15 is 0 Å². The van der Waals surface area contributed by atoms with Crippen LogP contribution in [0.3, 0.4) is 0 Å². The Hall–Kier alpha value is -1.07. The van der Waals surface area contributed by atoms with Gasteiger partial charge in [0.1, 0.15) is 5.75 Å². The van der Waals surface area contributed by atoms with Crippen LogP contribution >= 0.6 is 15.9 Å². The number of ether oxygens (including phenoxy) is 3. The zero-order valence-electron chi connectivity index (χ0n) is 9.98. The summed E-state index contributed by atoms with van der Waals surface area (Å²) in [6.45, 7) is 3.07. The molecule has 0 aliphatic rings. The summed E-state index contributed by atoms with van der Waals surface area (Å²) >= 11 is 3.33. The molecule has 94 valence electrons. The van der Waals surface area contributed by atoms with E-state index in [1.165, 1.54) is 14.0 Å². The van der Waals surface area contributed by atoms with Gasteiger partial charge in [0.15, 0.2) is 6.10 Å². The van der Waals surface area contributed by atoms with Crippen LogP contribution in [0.5, 0.6) is 5.75 Å². The molecule has 5 heteroatoms.